The Morgan fingerprint density at radius 3 is 2.74 bits per heavy atom. The highest BCUT2D eigenvalue weighted by atomic mass is 127. The van der Waals surface area contributed by atoms with E-state index in [0.717, 1.165) is 28.6 Å². The van der Waals surface area contributed by atoms with Crippen molar-refractivity contribution in [2.45, 2.75) is 25.8 Å². The second-order valence-electron chi connectivity index (χ2n) is 6.63. The largest absolute Gasteiger partial charge is 0.278 e. The van der Waals surface area contributed by atoms with Gasteiger partial charge in [0.1, 0.15) is 0 Å². The highest BCUT2D eigenvalue weighted by molar-refractivity contribution is 14.1. The van der Waals surface area contributed by atoms with Crippen molar-refractivity contribution in [2.75, 3.05) is 0 Å². The van der Waals surface area contributed by atoms with Crippen molar-refractivity contribution >= 4 is 39.2 Å². The number of benzene rings is 2. The van der Waals surface area contributed by atoms with Crippen LogP contribution in [-0.4, -0.2) is 16.2 Å². The molecule has 1 aliphatic rings. The van der Waals surface area contributed by atoms with E-state index in [1.807, 2.05) is 18.3 Å². The second kappa shape index (κ2) is 5.41. The van der Waals surface area contributed by atoms with Crippen LogP contribution in [0, 0.1) is 3.57 Å². The Morgan fingerprint density at radius 1 is 1.04 bits per heavy atom. The first kappa shape index (κ1) is 14.8. The molecule has 23 heavy (non-hydrogen) atoms. The average Bonchev–Trinajstić information content (AvgIpc) is 2.54. The summed E-state index contributed by atoms with van der Waals surface area (Å²) in [6.07, 6.45) is 2.93. The van der Waals surface area contributed by atoms with E-state index in [1.165, 1.54) is 14.7 Å². The predicted octanol–water partition coefficient (Wildman–Crippen LogP) is 5.01. The third-order valence-electron chi connectivity index (χ3n) is 4.26. The van der Waals surface area contributed by atoms with Gasteiger partial charge < -0.3 is 0 Å². The summed E-state index contributed by atoms with van der Waals surface area (Å²) in [7, 11) is 0. The van der Waals surface area contributed by atoms with Gasteiger partial charge in [-0.3, -0.25) is 9.98 Å². The van der Waals surface area contributed by atoms with E-state index in [9.17, 15) is 0 Å². The maximum absolute atomic E-state index is 5.05. The van der Waals surface area contributed by atoms with Crippen LogP contribution in [0.25, 0.3) is 10.9 Å². The molecular weight excluding hydrogens is 395 g/mol. The molecule has 0 amide bonds. The fourth-order valence-electron chi connectivity index (χ4n) is 3.22. The number of rotatable bonds is 1. The van der Waals surface area contributed by atoms with Gasteiger partial charge in [0.05, 0.1) is 16.8 Å². The summed E-state index contributed by atoms with van der Waals surface area (Å²) in [5, 5.41) is 1.16. The molecule has 4 rings (SSSR count). The minimum atomic E-state index is -0.0880. The molecule has 114 valence electrons. The molecule has 0 N–H and O–H groups in total. The Hall–Kier alpha value is -1.75. The molecule has 0 unspecified atom stereocenters. The van der Waals surface area contributed by atoms with Gasteiger partial charge in [-0.1, -0.05) is 30.3 Å². The molecular formula is C20H17IN2. The lowest BCUT2D eigenvalue weighted by atomic mass is 9.85. The summed E-state index contributed by atoms with van der Waals surface area (Å²) in [5.41, 5.74) is 5.74. The first-order valence-corrected chi connectivity index (χ1v) is 8.84. The number of pyridine rings is 1. The first-order chi connectivity index (χ1) is 11.0. The highest BCUT2D eigenvalue weighted by Crippen LogP contribution is 2.32. The predicted molar refractivity (Wildman–Crippen MR) is 104 cm³/mol. The molecule has 1 aromatic heterocycles. The van der Waals surface area contributed by atoms with Crippen LogP contribution in [0.2, 0.25) is 0 Å². The van der Waals surface area contributed by atoms with Crippen molar-refractivity contribution < 1.29 is 0 Å². The van der Waals surface area contributed by atoms with E-state index in [-0.39, 0.29) is 5.54 Å². The molecule has 1 aliphatic heterocycles. The average molecular weight is 412 g/mol. The van der Waals surface area contributed by atoms with Crippen LogP contribution in [0.15, 0.2) is 59.7 Å². The molecule has 0 bridgehead atoms. The maximum atomic E-state index is 5.05. The van der Waals surface area contributed by atoms with Crippen LogP contribution in [0.4, 0.5) is 0 Å². The van der Waals surface area contributed by atoms with Crippen LogP contribution in [0.5, 0.6) is 0 Å². The Bertz CT molecular complexity index is 941. The number of aromatic nitrogens is 1. The van der Waals surface area contributed by atoms with Gasteiger partial charge in [0, 0.05) is 26.3 Å². The molecule has 3 aromatic rings. The van der Waals surface area contributed by atoms with Crippen molar-refractivity contribution in [3.05, 3.63) is 75.0 Å². The van der Waals surface area contributed by atoms with Gasteiger partial charge in [0.25, 0.3) is 0 Å². The van der Waals surface area contributed by atoms with Crippen molar-refractivity contribution in [3.63, 3.8) is 0 Å². The summed E-state index contributed by atoms with van der Waals surface area (Å²) >= 11 is 2.43. The van der Waals surface area contributed by atoms with E-state index in [4.69, 9.17) is 4.99 Å². The fourth-order valence-corrected chi connectivity index (χ4v) is 3.90. The zero-order valence-corrected chi connectivity index (χ0v) is 15.3. The molecule has 0 radical (unpaired) electrons. The summed E-state index contributed by atoms with van der Waals surface area (Å²) in [4.78, 5) is 9.66. The number of halogens is 1. The van der Waals surface area contributed by atoms with Gasteiger partial charge >= 0.3 is 0 Å². The number of hydrogen-bond acceptors (Lipinski definition) is 2. The fraction of sp³-hybridized carbons (Fsp3) is 0.200. The Morgan fingerprint density at radius 2 is 1.87 bits per heavy atom. The highest BCUT2D eigenvalue weighted by Gasteiger charge is 2.28. The number of aliphatic imine (C=N–C) groups is 1. The lowest BCUT2D eigenvalue weighted by molar-refractivity contribution is 0.512. The van der Waals surface area contributed by atoms with Crippen molar-refractivity contribution in [3.8, 4) is 0 Å². The summed E-state index contributed by atoms with van der Waals surface area (Å²) in [5.74, 6) is 0. The Kier molecular flexibility index (Phi) is 3.48. The van der Waals surface area contributed by atoms with Crippen LogP contribution in [0.1, 0.15) is 30.5 Å². The van der Waals surface area contributed by atoms with Crippen LogP contribution in [-0.2, 0) is 6.42 Å². The minimum Gasteiger partial charge on any atom is -0.278 e. The smallest absolute Gasteiger partial charge is 0.0744 e. The summed E-state index contributed by atoms with van der Waals surface area (Å²) in [6.45, 7) is 4.40. The van der Waals surface area contributed by atoms with Crippen LogP contribution in [0.3, 0.4) is 0 Å². The molecule has 0 atom stereocenters. The number of fused-ring (bicyclic) bond motifs is 2. The lowest BCUT2D eigenvalue weighted by Crippen LogP contribution is -2.30. The molecule has 0 fully saturated rings. The summed E-state index contributed by atoms with van der Waals surface area (Å²) in [6, 6.07) is 16.9. The van der Waals surface area contributed by atoms with E-state index in [0.29, 0.717) is 0 Å². The van der Waals surface area contributed by atoms with Gasteiger partial charge in [0.2, 0.25) is 0 Å². The van der Waals surface area contributed by atoms with Gasteiger partial charge in [-0.25, -0.2) is 0 Å². The first-order valence-electron chi connectivity index (χ1n) is 7.76. The van der Waals surface area contributed by atoms with Crippen molar-refractivity contribution in [2.24, 2.45) is 4.99 Å². The van der Waals surface area contributed by atoms with E-state index >= 15 is 0 Å². The summed E-state index contributed by atoms with van der Waals surface area (Å²) < 4.78 is 1.31. The van der Waals surface area contributed by atoms with Gasteiger partial charge in [-0.15, -0.1) is 0 Å². The quantitative estimate of drug-likeness (QED) is 0.516. The van der Waals surface area contributed by atoms with Gasteiger partial charge in [-0.05, 0) is 66.6 Å². The SMILES string of the molecule is CC1(C)Cc2c(I)cccc2C(c2cnc3ccccc3c2)=N1. The third kappa shape index (κ3) is 2.67. The second-order valence-corrected chi connectivity index (χ2v) is 7.79. The van der Waals surface area contributed by atoms with E-state index in [1.54, 1.807) is 0 Å². The topological polar surface area (TPSA) is 25.2 Å². The molecule has 3 heteroatoms. The van der Waals surface area contributed by atoms with Crippen molar-refractivity contribution in [1.82, 2.24) is 4.98 Å². The maximum Gasteiger partial charge on any atom is 0.0744 e. The van der Waals surface area contributed by atoms with Crippen LogP contribution < -0.4 is 0 Å². The molecule has 0 spiro atoms. The third-order valence-corrected chi connectivity index (χ3v) is 5.27. The minimum absolute atomic E-state index is 0.0880. The monoisotopic (exact) mass is 412 g/mol. The van der Waals surface area contributed by atoms with E-state index < -0.39 is 0 Å². The standard InChI is InChI=1S/C20H17IN2/c1-20(2)11-16-15(7-5-8-17(16)21)19(23-20)14-10-13-6-3-4-9-18(13)22-12-14/h3-10,12H,11H2,1-2H3. The van der Waals surface area contributed by atoms with Gasteiger partial charge in [0.15, 0.2) is 0 Å². The Balaban J connectivity index is 1.95. The molecule has 0 saturated heterocycles. The van der Waals surface area contributed by atoms with E-state index in [2.05, 4.69) is 77.8 Å². The molecule has 2 heterocycles. The number of para-hydroxylation sites is 1. The number of hydrogen-bond donors (Lipinski definition) is 0. The van der Waals surface area contributed by atoms with Crippen molar-refractivity contribution in [1.29, 1.82) is 0 Å². The molecule has 0 saturated carbocycles. The number of nitrogens with zero attached hydrogens (tertiary/aromatic N) is 2. The lowest BCUT2D eigenvalue weighted by Gasteiger charge is -2.30. The zero-order chi connectivity index (χ0) is 16.0. The molecule has 2 nitrogen and oxygen atoms in total. The zero-order valence-electron chi connectivity index (χ0n) is 13.2. The normalized spacial score (nSPS) is 16.0. The Labute approximate surface area is 149 Å². The molecule has 2 aromatic carbocycles. The molecule has 0 aliphatic carbocycles. The van der Waals surface area contributed by atoms with Crippen LogP contribution >= 0.6 is 22.6 Å². The van der Waals surface area contributed by atoms with Gasteiger partial charge in [-0.2, -0.15) is 0 Å².